The summed E-state index contributed by atoms with van der Waals surface area (Å²) in [5.74, 6) is 0.631. The lowest BCUT2D eigenvalue weighted by Gasteiger charge is -2.23. The first-order valence-corrected chi connectivity index (χ1v) is 7.16. The Hall–Kier alpha value is -1.81. The van der Waals surface area contributed by atoms with Gasteiger partial charge in [-0.15, -0.1) is 0 Å². The zero-order chi connectivity index (χ0) is 13.9. The zero-order valence-electron chi connectivity index (χ0n) is 11.8. The fraction of sp³-hybridized carbons (Fsp3) is 0.438. The highest BCUT2D eigenvalue weighted by molar-refractivity contribution is 5.91. The smallest absolute Gasteiger partial charge is 0.252 e. The summed E-state index contributed by atoms with van der Waals surface area (Å²) in [7, 11) is 1.81. The molecule has 2 heterocycles. The standard InChI is InChI=1S/C16H20N2O2/c1-18-15-5-3-2-4-13(15)14(10-16(18)19)17-11-12-6-8-20-9-7-12/h2-5,10,12,17H,6-9,11H2,1H3. The highest BCUT2D eigenvalue weighted by Gasteiger charge is 2.14. The Bertz CT molecular complexity index is 657. The lowest BCUT2D eigenvalue weighted by molar-refractivity contribution is 0.0699. The van der Waals surface area contributed by atoms with Crippen LogP contribution in [0.25, 0.3) is 10.9 Å². The first-order valence-electron chi connectivity index (χ1n) is 7.16. The van der Waals surface area contributed by atoms with Gasteiger partial charge in [-0.25, -0.2) is 0 Å². The van der Waals surface area contributed by atoms with Crippen LogP contribution in [-0.2, 0) is 11.8 Å². The number of hydrogen-bond donors (Lipinski definition) is 1. The van der Waals surface area contributed by atoms with Gasteiger partial charge in [-0.3, -0.25) is 4.79 Å². The van der Waals surface area contributed by atoms with Crippen LogP contribution < -0.4 is 10.9 Å². The van der Waals surface area contributed by atoms with Crippen LogP contribution >= 0.6 is 0 Å². The molecule has 1 N–H and O–H groups in total. The van der Waals surface area contributed by atoms with Crippen molar-refractivity contribution in [1.29, 1.82) is 0 Å². The van der Waals surface area contributed by atoms with Crippen molar-refractivity contribution in [2.75, 3.05) is 25.1 Å². The summed E-state index contributed by atoms with van der Waals surface area (Å²) in [5, 5.41) is 4.56. The number of para-hydroxylation sites is 1. The Morgan fingerprint density at radius 1 is 1.30 bits per heavy atom. The number of rotatable bonds is 3. The van der Waals surface area contributed by atoms with Crippen molar-refractivity contribution in [3.63, 3.8) is 0 Å². The highest BCUT2D eigenvalue weighted by Crippen LogP contribution is 2.22. The van der Waals surface area contributed by atoms with Gasteiger partial charge in [-0.05, 0) is 24.8 Å². The van der Waals surface area contributed by atoms with E-state index in [1.807, 2.05) is 25.2 Å². The number of fused-ring (bicyclic) bond motifs is 1. The summed E-state index contributed by atoms with van der Waals surface area (Å²) in [6, 6.07) is 9.70. The number of benzene rings is 1. The minimum absolute atomic E-state index is 0.0261. The monoisotopic (exact) mass is 272 g/mol. The third-order valence-electron chi connectivity index (χ3n) is 4.08. The number of aromatic nitrogens is 1. The Morgan fingerprint density at radius 2 is 2.05 bits per heavy atom. The predicted octanol–water partition coefficient (Wildman–Crippen LogP) is 2.38. The van der Waals surface area contributed by atoms with Crippen molar-refractivity contribution in [3.05, 3.63) is 40.7 Å². The molecular formula is C16H20N2O2. The number of anilines is 1. The number of aryl methyl sites for hydroxylation is 1. The second kappa shape index (κ2) is 5.67. The lowest BCUT2D eigenvalue weighted by Crippen LogP contribution is -2.24. The molecule has 106 valence electrons. The summed E-state index contributed by atoms with van der Waals surface area (Å²) >= 11 is 0. The van der Waals surface area contributed by atoms with Crippen molar-refractivity contribution in [1.82, 2.24) is 4.57 Å². The third kappa shape index (κ3) is 2.56. The summed E-state index contributed by atoms with van der Waals surface area (Å²) in [4.78, 5) is 12.0. The molecule has 1 aliphatic rings. The van der Waals surface area contributed by atoms with E-state index >= 15 is 0 Å². The van der Waals surface area contributed by atoms with Crippen molar-refractivity contribution < 1.29 is 4.74 Å². The fourth-order valence-corrected chi connectivity index (χ4v) is 2.76. The Balaban J connectivity index is 1.87. The molecule has 1 aromatic heterocycles. The van der Waals surface area contributed by atoms with Crippen LogP contribution in [0.1, 0.15) is 12.8 Å². The van der Waals surface area contributed by atoms with E-state index in [9.17, 15) is 4.79 Å². The van der Waals surface area contributed by atoms with Crippen LogP contribution in [0, 0.1) is 5.92 Å². The first kappa shape index (κ1) is 13.2. The van der Waals surface area contributed by atoms with E-state index in [2.05, 4.69) is 11.4 Å². The van der Waals surface area contributed by atoms with Crippen molar-refractivity contribution >= 4 is 16.6 Å². The molecule has 1 aromatic carbocycles. The van der Waals surface area contributed by atoms with E-state index in [4.69, 9.17) is 4.74 Å². The van der Waals surface area contributed by atoms with Crippen molar-refractivity contribution in [3.8, 4) is 0 Å². The number of pyridine rings is 1. The average Bonchev–Trinajstić information content (AvgIpc) is 2.50. The van der Waals surface area contributed by atoms with Crippen LogP contribution in [-0.4, -0.2) is 24.3 Å². The van der Waals surface area contributed by atoms with Gasteiger partial charge in [0.05, 0.1) is 5.52 Å². The molecule has 0 spiro atoms. The van der Waals surface area contributed by atoms with Crippen LogP contribution in [0.2, 0.25) is 0 Å². The third-order valence-corrected chi connectivity index (χ3v) is 4.08. The predicted molar refractivity (Wildman–Crippen MR) is 81.2 cm³/mol. The topological polar surface area (TPSA) is 43.3 Å². The van der Waals surface area contributed by atoms with Crippen LogP contribution in [0.5, 0.6) is 0 Å². The SMILES string of the molecule is Cn1c(=O)cc(NCC2CCOCC2)c2ccccc21. The second-order valence-corrected chi connectivity index (χ2v) is 5.41. The molecular weight excluding hydrogens is 252 g/mol. The van der Waals surface area contributed by atoms with Gasteiger partial charge in [0.2, 0.25) is 0 Å². The normalized spacial score (nSPS) is 16.4. The lowest BCUT2D eigenvalue weighted by atomic mass is 10.0. The van der Waals surface area contributed by atoms with Crippen LogP contribution in [0.3, 0.4) is 0 Å². The van der Waals surface area contributed by atoms with Gasteiger partial charge in [-0.1, -0.05) is 18.2 Å². The highest BCUT2D eigenvalue weighted by atomic mass is 16.5. The molecule has 3 rings (SSSR count). The first-order chi connectivity index (χ1) is 9.75. The van der Waals surface area contributed by atoms with E-state index < -0.39 is 0 Å². The van der Waals surface area contributed by atoms with Gasteiger partial charge in [-0.2, -0.15) is 0 Å². The summed E-state index contributed by atoms with van der Waals surface area (Å²) in [5.41, 5.74) is 1.93. The Labute approximate surface area is 118 Å². The molecule has 0 aliphatic carbocycles. The molecule has 0 unspecified atom stereocenters. The van der Waals surface area contributed by atoms with E-state index in [0.717, 1.165) is 49.2 Å². The van der Waals surface area contributed by atoms with Gasteiger partial charge in [0.1, 0.15) is 0 Å². The fourth-order valence-electron chi connectivity index (χ4n) is 2.76. The average molecular weight is 272 g/mol. The number of nitrogens with zero attached hydrogens (tertiary/aromatic N) is 1. The van der Waals surface area contributed by atoms with Gasteiger partial charge >= 0.3 is 0 Å². The number of hydrogen-bond acceptors (Lipinski definition) is 3. The largest absolute Gasteiger partial charge is 0.384 e. The molecule has 4 nitrogen and oxygen atoms in total. The van der Waals surface area contributed by atoms with E-state index in [1.54, 1.807) is 10.6 Å². The van der Waals surface area contributed by atoms with Crippen LogP contribution in [0.15, 0.2) is 35.1 Å². The molecule has 0 bridgehead atoms. The molecule has 0 amide bonds. The molecule has 4 heteroatoms. The van der Waals surface area contributed by atoms with E-state index in [0.29, 0.717) is 5.92 Å². The van der Waals surface area contributed by atoms with Gasteiger partial charge in [0.15, 0.2) is 0 Å². The Morgan fingerprint density at radius 3 is 2.85 bits per heavy atom. The maximum Gasteiger partial charge on any atom is 0.252 e. The quantitative estimate of drug-likeness (QED) is 0.933. The molecule has 20 heavy (non-hydrogen) atoms. The molecule has 2 aromatic rings. The molecule has 1 saturated heterocycles. The molecule has 0 saturated carbocycles. The van der Waals surface area contributed by atoms with E-state index in [1.165, 1.54) is 0 Å². The van der Waals surface area contributed by atoms with Crippen LogP contribution in [0.4, 0.5) is 5.69 Å². The second-order valence-electron chi connectivity index (χ2n) is 5.41. The minimum atomic E-state index is 0.0261. The molecule has 0 radical (unpaired) electrons. The van der Waals surface area contributed by atoms with Crippen molar-refractivity contribution in [2.45, 2.75) is 12.8 Å². The maximum atomic E-state index is 12.0. The van der Waals surface area contributed by atoms with Gasteiger partial charge < -0.3 is 14.6 Å². The van der Waals surface area contributed by atoms with Gasteiger partial charge in [0.25, 0.3) is 5.56 Å². The molecule has 1 fully saturated rings. The van der Waals surface area contributed by atoms with E-state index in [-0.39, 0.29) is 5.56 Å². The minimum Gasteiger partial charge on any atom is -0.384 e. The maximum absolute atomic E-state index is 12.0. The van der Waals surface area contributed by atoms with Gasteiger partial charge in [0, 0.05) is 43.9 Å². The summed E-state index contributed by atoms with van der Waals surface area (Å²) < 4.78 is 7.07. The van der Waals surface area contributed by atoms with Crippen molar-refractivity contribution in [2.24, 2.45) is 13.0 Å². The zero-order valence-corrected chi connectivity index (χ0v) is 11.8. The Kier molecular flexibility index (Phi) is 3.74. The number of nitrogens with one attached hydrogen (secondary N) is 1. The number of ether oxygens (including phenoxy) is 1. The molecule has 1 aliphatic heterocycles. The molecule has 0 atom stereocenters. The summed E-state index contributed by atoms with van der Waals surface area (Å²) in [6.07, 6.45) is 2.19. The summed E-state index contributed by atoms with van der Waals surface area (Å²) in [6.45, 7) is 2.60.